The molecule has 0 unspecified atom stereocenters. The molecule has 6 rings (SSSR count). The van der Waals surface area contributed by atoms with Gasteiger partial charge in [-0.05, 0) is 68.9 Å². The summed E-state index contributed by atoms with van der Waals surface area (Å²) < 4.78 is 18.5. The van der Waals surface area contributed by atoms with E-state index in [1.54, 1.807) is 34.4 Å². The molecule has 11 heteroatoms. The summed E-state index contributed by atoms with van der Waals surface area (Å²) in [6.45, 7) is 5.81. The van der Waals surface area contributed by atoms with Crippen molar-refractivity contribution < 1.29 is 28.6 Å². The van der Waals surface area contributed by atoms with E-state index in [1.807, 2.05) is 38.1 Å². The Morgan fingerprint density at radius 1 is 1.11 bits per heavy atom. The van der Waals surface area contributed by atoms with Gasteiger partial charge in [-0.25, -0.2) is 4.98 Å². The number of aryl methyl sites for hydroxylation is 2. The summed E-state index contributed by atoms with van der Waals surface area (Å²) >= 11 is 1.54. The number of carbonyl (C=O) groups excluding carboxylic acids is 3. The predicted octanol–water partition coefficient (Wildman–Crippen LogP) is 4.32. The highest BCUT2D eigenvalue weighted by molar-refractivity contribution is 7.11. The van der Waals surface area contributed by atoms with Crippen LogP contribution in [-0.2, 0) is 27.4 Å². The van der Waals surface area contributed by atoms with Gasteiger partial charge in [0.2, 0.25) is 11.8 Å². The Kier molecular flexibility index (Phi) is 9.13. The van der Waals surface area contributed by atoms with E-state index in [9.17, 15) is 14.4 Å². The first-order valence-corrected chi connectivity index (χ1v) is 16.1. The van der Waals surface area contributed by atoms with E-state index in [4.69, 9.17) is 14.2 Å². The van der Waals surface area contributed by atoms with Gasteiger partial charge in [-0.3, -0.25) is 14.4 Å². The molecule has 1 saturated heterocycles. The summed E-state index contributed by atoms with van der Waals surface area (Å²) in [6.07, 6.45) is 2.98. The molecule has 2 aliphatic heterocycles. The minimum absolute atomic E-state index is 0.00665. The van der Waals surface area contributed by atoms with Crippen molar-refractivity contribution in [1.29, 1.82) is 0 Å². The normalized spacial score (nSPS) is 20.9. The maximum Gasteiger partial charge on any atom is 0.251 e. The number of benzene rings is 2. The summed E-state index contributed by atoms with van der Waals surface area (Å²) in [5, 5.41) is 6.87. The maximum absolute atomic E-state index is 13.3. The van der Waals surface area contributed by atoms with Crippen molar-refractivity contribution in [1.82, 2.24) is 20.5 Å². The molecule has 0 spiro atoms. The Balaban J connectivity index is 1.19. The van der Waals surface area contributed by atoms with Crippen LogP contribution >= 0.6 is 11.3 Å². The van der Waals surface area contributed by atoms with Gasteiger partial charge in [0, 0.05) is 42.6 Å². The molecule has 1 aromatic heterocycles. The summed E-state index contributed by atoms with van der Waals surface area (Å²) in [5.74, 6) is 1.70. The molecule has 2 fully saturated rings. The molecule has 10 nitrogen and oxygen atoms in total. The average Bonchev–Trinajstić information content (AvgIpc) is 3.77. The molecule has 2 aromatic carbocycles. The molecule has 3 heterocycles. The van der Waals surface area contributed by atoms with E-state index in [1.165, 1.54) is 0 Å². The van der Waals surface area contributed by atoms with Crippen LogP contribution in [0.3, 0.4) is 0 Å². The van der Waals surface area contributed by atoms with E-state index in [0.717, 1.165) is 34.0 Å². The number of aromatic nitrogens is 1. The van der Waals surface area contributed by atoms with E-state index >= 15 is 0 Å². The van der Waals surface area contributed by atoms with Gasteiger partial charge in [-0.2, -0.15) is 0 Å². The fourth-order valence-corrected chi connectivity index (χ4v) is 6.46. The van der Waals surface area contributed by atoms with Crippen molar-refractivity contribution in [2.24, 2.45) is 5.92 Å². The third-order valence-electron chi connectivity index (χ3n) is 8.12. The zero-order valence-corrected chi connectivity index (χ0v) is 25.9. The van der Waals surface area contributed by atoms with E-state index < -0.39 is 6.04 Å². The van der Waals surface area contributed by atoms with Crippen LogP contribution in [0.25, 0.3) is 0 Å². The fraction of sp³-hybridized carbons (Fsp3) is 0.455. The number of thiazole rings is 1. The standard InChI is InChI=1S/C33H38N4O6S/c1-20-30(44-21(2)35-20)16-32(39)37-11-9-29-28(17-37)36-31(38)8-10-34-33(40)24-13-26(41-18-22-6-7-22)15-27(14-24)43-25-5-3-4-23(12-25)19-42-29/h3-5,12-15,22,28-29H,6-11,16-19H2,1-2H3,(H,34,40)(H,36,38)/t28-,29+/m0/s1. The van der Waals surface area contributed by atoms with Crippen molar-refractivity contribution in [2.45, 2.75) is 64.7 Å². The molecule has 3 aromatic rings. The van der Waals surface area contributed by atoms with E-state index in [2.05, 4.69) is 15.6 Å². The molecule has 3 aliphatic rings. The molecule has 44 heavy (non-hydrogen) atoms. The molecule has 1 aliphatic carbocycles. The minimum atomic E-state index is -0.392. The van der Waals surface area contributed by atoms with E-state index in [-0.39, 0.29) is 43.2 Å². The summed E-state index contributed by atoms with van der Waals surface area (Å²) in [7, 11) is 0. The lowest BCUT2D eigenvalue weighted by atomic mass is 10.0. The number of ether oxygens (including phenoxy) is 3. The number of nitrogens with one attached hydrogen (secondary N) is 2. The first-order valence-electron chi connectivity index (χ1n) is 15.2. The van der Waals surface area contributed by atoms with Crippen LogP contribution in [0.5, 0.6) is 17.2 Å². The Morgan fingerprint density at radius 3 is 2.77 bits per heavy atom. The number of carbonyl (C=O) groups is 3. The third-order valence-corrected chi connectivity index (χ3v) is 9.19. The Morgan fingerprint density at radius 2 is 1.98 bits per heavy atom. The highest BCUT2D eigenvalue weighted by atomic mass is 32.1. The second kappa shape index (κ2) is 13.4. The first kappa shape index (κ1) is 30.1. The molecular weight excluding hydrogens is 580 g/mol. The van der Waals surface area contributed by atoms with Crippen LogP contribution in [-0.4, -0.2) is 66.0 Å². The molecule has 2 atom stereocenters. The lowest BCUT2D eigenvalue weighted by Crippen LogP contribution is -2.57. The van der Waals surface area contributed by atoms with Crippen LogP contribution < -0.4 is 20.1 Å². The van der Waals surface area contributed by atoms with Crippen LogP contribution in [0.1, 0.15) is 57.2 Å². The predicted molar refractivity (Wildman–Crippen MR) is 165 cm³/mol. The lowest BCUT2D eigenvalue weighted by molar-refractivity contribution is -0.136. The second-order valence-electron chi connectivity index (χ2n) is 11.8. The van der Waals surface area contributed by atoms with Crippen LogP contribution in [0.2, 0.25) is 0 Å². The number of hydrogen-bond donors (Lipinski definition) is 2. The fourth-order valence-electron chi connectivity index (χ4n) is 5.53. The monoisotopic (exact) mass is 618 g/mol. The van der Waals surface area contributed by atoms with Crippen LogP contribution in [0.15, 0.2) is 42.5 Å². The molecular formula is C33H38N4O6S. The molecule has 3 amide bonds. The summed E-state index contributed by atoms with van der Waals surface area (Å²) in [6, 6.07) is 12.4. The zero-order chi connectivity index (χ0) is 30.6. The number of hydrogen-bond acceptors (Lipinski definition) is 8. The highest BCUT2D eigenvalue weighted by Gasteiger charge is 2.33. The van der Waals surface area contributed by atoms with Crippen LogP contribution in [0, 0.1) is 19.8 Å². The van der Waals surface area contributed by atoms with Gasteiger partial charge in [-0.1, -0.05) is 12.1 Å². The number of fused-ring (bicyclic) bond motifs is 5. The zero-order valence-electron chi connectivity index (χ0n) is 25.1. The van der Waals surface area contributed by atoms with Crippen LogP contribution in [0.4, 0.5) is 0 Å². The minimum Gasteiger partial charge on any atom is -0.493 e. The van der Waals surface area contributed by atoms with Gasteiger partial charge in [0.25, 0.3) is 5.91 Å². The number of piperidine rings is 1. The summed E-state index contributed by atoms with van der Waals surface area (Å²) in [4.78, 5) is 46.7. The van der Waals surface area contributed by atoms with Gasteiger partial charge in [0.1, 0.15) is 17.2 Å². The van der Waals surface area contributed by atoms with Crippen molar-refractivity contribution >= 4 is 29.1 Å². The Bertz CT molecular complexity index is 1540. The Labute approximate surface area is 261 Å². The van der Waals surface area contributed by atoms with Gasteiger partial charge < -0.3 is 29.7 Å². The van der Waals surface area contributed by atoms with Crippen molar-refractivity contribution in [3.8, 4) is 17.2 Å². The van der Waals surface area contributed by atoms with Crippen molar-refractivity contribution in [3.63, 3.8) is 0 Å². The highest BCUT2D eigenvalue weighted by Crippen LogP contribution is 2.32. The lowest BCUT2D eigenvalue weighted by Gasteiger charge is -2.39. The molecule has 0 radical (unpaired) electrons. The molecule has 2 N–H and O–H groups in total. The maximum atomic E-state index is 13.3. The topological polar surface area (TPSA) is 119 Å². The smallest absolute Gasteiger partial charge is 0.251 e. The third kappa shape index (κ3) is 7.75. The van der Waals surface area contributed by atoms with Gasteiger partial charge in [-0.15, -0.1) is 11.3 Å². The number of nitrogens with zero attached hydrogens (tertiary/aromatic N) is 2. The van der Waals surface area contributed by atoms with E-state index in [0.29, 0.717) is 61.5 Å². The molecule has 4 bridgehead atoms. The quantitative estimate of drug-likeness (QED) is 0.437. The van der Waals surface area contributed by atoms with Crippen molar-refractivity contribution in [2.75, 3.05) is 26.2 Å². The molecule has 1 saturated carbocycles. The Hall–Kier alpha value is -3.96. The van der Waals surface area contributed by atoms with Gasteiger partial charge in [0.15, 0.2) is 0 Å². The number of amides is 3. The first-order chi connectivity index (χ1) is 21.3. The largest absolute Gasteiger partial charge is 0.493 e. The number of rotatable bonds is 5. The van der Waals surface area contributed by atoms with Gasteiger partial charge >= 0.3 is 0 Å². The number of likely N-dealkylation sites (tertiary alicyclic amines) is 1. The average molecular weight is 619 g/mol. The molecule has 232 valence electrons. The van der Waals surface area contributed by atoms with Gasteiger partial charge in [0.05, 0.1) is 42.5 Å². The second-order valence-corrected chi connectivity index (χ2v) is 13.1. The SMILES string of the molecule is Cc1nc(C)c(CC(=O)N2CC[C@H]3OCc4cccc(c4)Oc4cc(OCC5CC5)cc(c4)C(=O)NCCC(=O)N[C@H]3C2)s1. The van der Waals surface area contributed by atoms with Crippen molar-refractivity contribution in [3.05, 3.63) is 69.2 Å². The summed E-state index contributed by atoms with van der Waals surface area (Å²) in [5.41, 5.74) is 2.19.